The van der Waals surface area contributed by atoms with E-state index in [9.17, 15) is 9.90 Å². The number of hydrogen-bond acceptors (Lipinski definition) is 5. The molecular formula is C18H26N4O4. The summed E-state index contributed by atoms with van der Waals surface area (Å²) in [5.74, 6) is 0.526. The van der Waals surface area contributed by atoms with Crippen LogP contribution in [0.5, 0.6) is 0 Å². The minimum Gasteiger partial charge on any atom is -0.483 e. The number of aliphatic hydroxyl groups is 1. The first-order valence-corrected chi connectivity index (χ1v) is 8.70. The van der Waals surface area contributed by atoms with Crippen LogP contribution in [0.15, 0.2) is 18.2 Å². The van der Waals surface area contributed by atoms with Gasteiger partial charge in [-0.1, -0.05) is 12.8 Å². The Bertz CT molecular complexity index is 738. The van der Waals surface area contributed by atoms with Crippen molar-refractivity contribution in [3.8, 4) is 0 Å². The third kappa shape index (κ3) is 5.27. The Balaban J connectivity index is 0.000000758. The molecule has 1 saturated carbocycles. The third-order valence-electron chi connectivity index (χ3n) is 4.52. The molecule has 0 aliphatic heterocycles. The summed E-state index contributed by atoms with van der Waals surface area (Å²) in [4.78, 5) is 30.1. The molecule has 1 fully saturated rings. The smallest absolute Gasteiger partial charge is 0.290 e. The number of aliphatic hydroxyl groups excluding tert-OH is 1. The molecule has 1 unspecified atom stereocenters. The van der Waals surface area contributed by atoms with Crippen LogP contribution in [0, 0.1) is 0 Å². The van der Waals surface area contributed by atoms with Gasteiger partial charge in [0.1, 0.15) is 11.9 Å². The van der Waals surface area contributed by atoms with Gasteiger partial charge < -0.3 is 20.5 Å². The highest BCUT2D eigenvalue weighted by Crippen LogP contribution is 2.23. The lowest BCUT2D eigenvalue weighted by molar-refractivity contribution is -0.123. The molecule has 2 aromatic rings. The zero-order valence-electron chi connectivity index (χ0n) is 15.1. The van der Waals surface area contributed by atoms with Gasteiger partial charge in [-0.25, -0.2) is 4.98 Å². The standard InChI is InChI=1S/C17H24N4O2.CH2O2/c1-11(22)17-19-14-8-7-12(9-15(14)20-17)18-16(23)10-21(2)13-5-3-4-6-13;2-1-3/h7-9,11,13,22H,3-6,10H2,1-2H3,(H,18,23)(H,19,20);1H,(H,2,3). The lowest BCUT2D eigenvalue weighted by Crippen LogP contribution is -2.36. The Morgan fingerprint density at radius 3 is 2.73 bits per heavy atom. The average Bonchev–Trinajstić information content (AvgIpc) is 3.24. The summed E-state index contributed by atoms with van der Waals surface area (Å²) in [6.07, 6.45) is 4.26. The summed E-state index contributed by atoms with van der Waals surface area (Å²) in [6, 6.07) is 6.06. The summed E-state index contributed by atoms with van der Waals surface area (Å²) in [5.41, 5.74) is 2.33. The third-order valence-corrected chi connectivity index (χ3v) is 4.52. The zero-order chi connectivity index (χ0) is 19.1. The van der Waals surface area contributed by atoms with E-state index in [0.717, 1.165) is 16.7 Å². The average molecular weight is 362 g/mol. The van der Waals surface area contributed by atoms with Crippen LogP contribution >= 0.6 is 0 Å². The second kappa shape index (κ2) is 9.30. The van der Waals surface area contributed by atoms with E-state index in [4.69, 9.17) is 9.90 Å². The summed E-state index contributed by atoms with van der Waals surface area (Å²) >= 11 is 0. The van der Waals surface area contributed by atoms with E-state index in [1.807, 2.05) is 25.2 Å². The first-order valence-electron chi connectivity index (χ1n) is 8.70. The van der Waals surface area contributed by atoms with E-state index in [1.165, 1.54) is 25.7 Å². The van der Waals surface area contributed by atoms with Gasteiger partial charge >= 0.3 is 0 Å². The molecule has 142 valence electrons. The number of benzene rings is 1. The van der Waals surface area contributed by atoms with Crippen molar-refractivity contribution in [2.45, 2.75) is 44.8 Å². The summed E-state index contributed by atoms with van der Waals surface area (Å²) in [7, 11) is 2.02. The van der Waals surface area contributed by atoms with E-state index in [1.54, 1.807) is 6.92 Å². The molecule has 1 aromatic carbocycles. The molecule has 1 aromatic heterocycles. The molecule has 1 amide bonds. The minimum absolute atomic E-state index is 0.00554. The largest absolute Gasteiger partial charge is 0.483 e. The topological polar surface area (TPSA) is 119 Å². The number of hydrogen-bond donors (Lipinski definition) is 4. The number of rotatable bonds is 5. The van der Waals surface area contributed by atoms with Gasteiger partial charge in [-0.05, 0) is 45.0 Å². The monoisotopic (exact) mass is 362 g/mol. The first kappa shape index (κ1) is 19.9. The van der Waals surface area contributed by atoms with Crippen molar-refractivity contribution in [3.63, 3.8) is 0 Å². The van der Waals surface area contributed by atoms with Gasteiger partial charge in [0.05, 0.1) is 17.6 Å². The van der Waals surface area contributed by atoms with Gasteiger partial charge in [0, 0.05) is 11.7 Å². The van der Waals surface area contributed by atoms with Crippen LogP contribution in [0.2, 0.25) is 0 Å². The van der Waals surface area contributed by atoms with Crippen molar-refractivity contribution >= 4 is 29.1 Å². The SMILES string of the molecule is CC(O)c1nc2ccc(NC(=O)CN(C)C3CCCC3)cc2[nH]1.O=CO. The van der Waals surface area contributed by atoms with E-state index < -0.39 is 6.10 Å². The number of aromatic nitrogens is 2. The van der Waals surface area contributed by atoms with Gasteiger partial charge in [0.2, 0.25) is 5.91 Å². The molecule has 3 rings (SSSR count). The fourth-order valence-electron chi connectivity index (χ4n) is 3.21. The van der Waals surface area contributed by atoms with Crippen LogP contribution in [0.1, 0.15) is 44.5 Å². The first-order chi connectivity index (χ1) is 12.4. The number of carbonyl (C=O) groups excluding carboxylic acids is 1. The fraction of sp³-hybridized carbons (Fsp3) is 0.500. The summed E-state index contributed by atoms with van der Waals surface area (Å²) in [5, 5.41) is 19.4. The van der Waals surface area contributed by atoms with Crippen LogP contribution in [0.4, 0.5) is 5.69 Å². The Hall–Kier alpha value is -2.45. The Labute approximate surface area is 152 Å². The number of fused-ring (bicyclic) bond motifs is 1. The Morgan fingerprint density at radius 1 is 1.46 bits per heavy atom. The maximum Gasteiger partial charge on any atom is 0.290 e. The molecule has 8 heteroatoms. The highest BCUT2D eigenvalue weighted by atomic mass is 16.3. The molecule has 0 bridgehead atoms. The molecule has 26 heavy (non-hydrogen) atoms. The number of carbonyl (C=O) groups is 2. The van der Waals surface area contributed by atoms with Crippen LogP contribution in [0.3, 0.4) is 0 Å². The molecule has 8 nitrogen and oxygen atoms in total. The van der Waals surface area contributed by atoms with E-state index in [-0.39, 0.29) is 12.4 Å². The highest BCUT2D eigenvalue weighted by molar-refractivity contribution is 5.94. The number of nitrogens with zero attached hydrogens (tertiary/aromatic N) is 2. The molecular weight excluding hydrogens is 336 g/mol. The lowest BCUT2D eigenvalue weighted by Gasteiger charge is -2.23. The van der Waals surface area contributed by atoms with Crippen LogP contribution in [-0.2, 0) is 9.59 Å². The van der Waals surface area contributed by atoms with Crippen molar-refractivity contribution in [3.05, 3.63) is 24.0 Å². The Morgan fingerprint density at radius 2 is 2.12 bits per heavy atom. The predicted molar refractivity (Wildman–Crippen MR) is 98.9 cm³/mol. The van der Waals surface area contributed by atoms with Crippen molar-refractivity contribution in [2.24, 2.45) is 0 Å². The van der Waals surface area contributed by atoms with E-state index >= 15 is 0 Å². The number of H-pyrrole nitrogens is 1. The molecule has 1 aliphatic carbocycles. The van der Waals surface area contributed by atoms with Crippen molar-refractivity contribution < 1.29 is 19.8 Å². The second-order valence-corrected chi connectivity index (χ2v) is 6.54. The number of amides is 1. The van der Waals surface area contributed by atoms with Gasteiger partial charge in [0.15, 0.2) is 0 Å². The van der Waals surface area contributed by atoms with Crippen molar-refractivity contribution in [1.29, 1.82) is 0 Å². The number of imidazole rings is 1. The molecule has 1 heterocycles. The van der Waals surface area contributed by atoms with Gasteiger partial charge in [-0.15, -0.1) is 0 Å². The normalized spacial score (nSPS) is 15.5. The number of aromatic amines is 1. The maximum atomic E-state index is 12.2. The molecule has 0 spiro atoms. The molecule has 0 saturated heterocycles. The quantitative estimate of drug-likeness (QED) is 0.605. The number of anilines is 1. The van der Waals surface area contributed by atoms with Gasteiger partial charge in [-0.2, -0.15) is 0 Å². The number of carboxylic acid groups (broad SMARTS) is 1. The van der Waals surface area contributed by atoms with E-state index in [0.29, 0.717) is 18.4 Å². The van der Waals surface area contributed by atoms with Crippen molar-refractivity contribution in [2.75, 3.05) is 18.9 Å². The maximum absolute atomic E-state index is 12.2. The highest BCUT2D eigenvalue weighted by Gasteiger charge is 2.21. The van der Waals surface area contributed by atoms with Crippen LogP contribution in [-0.4, -0.2) is 57.1 Å². The van der Waals surface area contributed by atoms with Crippen LogP contribution in [0.25, 0.3) is 11.0 Å². The van der Waals surface area contributed by atoms with Gasteiger partial charge in [-0.3, -0.25) is 14.5 Å². The fourth-order valence-corrected chi connectivity index (χ4v) is 3.21. The summed E-state index contributed by atoms with van der Waals surface area (Å²) < 4.78 is 0. The molecule has 1 atom stereocenters. The van der Waals surface area contributed by atoms with Gasteiger partial charge in [0.25, 0.3) is 6.47 Å². The number of nitrogens with one attached hydrogen (secondary N) is 2. The van der Waals surface area contributed by atoms with Crippen molar-refractivity contribution in [1.82, 2.24) is 14.9 Å². The van der Waals surface area contributed by atoms with E-state index in [2.05, 4.69) is 20.2 Å². The lowest BCUT2D eigenvalue weighted by atomic mass is 10.2. The Kier molecular flexibility index (Phi) is 7.11. The second-order valence-electron chi connectivity index (χ2n) is 6.54. The molecule has 4 N–H and O–H groups in total. The van der Waals surface area contributed by atoms with Crippen LogP contribution < -0.4 is 5.32 Å². The molecule has 0 radical (unpaired) electrons. The zero-order valence-corrected chi connectivity index (χ0v) is 15.1. The predicted octanol–water partition coefficient (Wildman–Crippen LogP) is 2.13. The number of likely N-dealkylation sites (N-methyl/N-ethyl adjacent to an activating group) is 1. The molecule has 1 aliphatic rings. The summed E-state index contributed by atoms with van der Waals surface area (Å²) in [6.45, 7) is 1.82. The minimum atomic E-state index is -0.638.